The molecule has 0 bridgehead atoms. The topological polar surface area (TPSA) is 108 Å². The Balaban J connectivity index is 1.81. The van der Waals surface area contributed by atoms with E-state index in [1.54, 1.807) is 30.3 Å². The highest BCUT2D eigenvalue weighted by Gasteiger charge is 2.34. The van der Waals surface area contributed by atoms with E-state index in [1.807, 2.05) is 6.92 Å². The summed E-state index contributed by atoms with van der Waals surface area (Å²) in [6.07, 6.45) is 1.58. The first-order valence-electron chi connectivity index (χ1n) is 9.90. The first kappa shape index (κ1) is 24.6. The van der Waals surface area contributed by atoms with E-state index in [1.165, 1.54) is 19.2 Å². The summed E-state index contributed by atoms with van der Waals surface area (Å²) in [6.45, 7) is 2.71. The number of carbonyl (C=O) groups is 2. The molecule has 1 fully saturated rings. The Hall–Kier alpha value is -3.08. The van der Waals surface area contributed by atoms with E-state index in [0.717, 1.165) is 16.7 Å². The van der Waals surface area contributed by atoms with Crippen molar-refractivity contribution in [1.29, 1.82) is 0 Å². The molecule has 1 saturated heterocycles. The molecule has 2 aromatic carbocycles. The number of carbonyl (C=O) groups excluding carboxylic acids is 2. The second-order valence-corrected chi connectivity index (χ2v) is 8.20. The number of ether oxygens (including phenoxy) is 3. The fourth-order valence-electron chi connectivity index (χ4n) is 2.97. The third-order valence-electron chi connectivity index (χ3n) is 4.55. The van der Waals surface area contributed by atoms with Crippen LogP contribution in [0.25, 0.3) is 6.08 Å². The Morgan fingerprint density at radius 2 is 1.91 bits per heavy atom. The van der Waals surface area contributed by atoms with Gasteiger partial charge in [0.25, 0.3) is 16.8 Å². The Morgan fingerprint density at radius 3 is 2.55 bits per heavy atom. The highest BCUT2D eigenvalue weighted by atomic mass is 35.5. The number of methoxy groups -OCH3 is 1. The summed E-state index contributed by atoms with van der Waals surface area (Å²) in [5, 5.41) is 10.7. The van der Waals surface area contributed by atoms with Gasteiger partial charge in [-0.15, -0.1) is 0 Å². The molecule has 33 heavy (non-hydrogen) atoms. The number of non-ortho nitro benzene ring substituents is 1. The second-order valence-electron chi connectivity index (χ2n) is 6.80. The summed E-state index contributed by atoms with van der Waals surface area (Å²) in [6, 6.07) is 9.27. The fourth-order valence-corrected chi connectivity index (χ4v) is 4.11. The Labute approximate surface area is 199 Å². The molecule has 1 heterocycles. The number of nitro benzene ring substituents is 1. The lowest BCUT2D eigenvalue weighted by Gasteiger charge is -2.15. The van der Waals surface area contributed by atoms with Gasteiger partial charge in [0.05, 0.1) is 34.6 Å². The lowest BCUT2D eigenvalue weighted by molar-refractivity contribution is -0.384. The second kappa shape index (κ2) is 11.2. The van der Waals surface area contributed by atoms with E-state index < -0.39 is 10.8 Å². The predicted octanol–water partition coefficient (Wildman–Crippen LogP) is 4.91. The number of hydrogen-bond acceptors (Lipinski definition) is 8. The molecule has 0 unspecified atom stereocenters. The van der Waals surface area contributed by atoms with Crippen molar-refractivity contribution in [2.75, 3.05) is 26.9 Å². The van der Waals surface area contributed by atoms with Gasteiger partial charge in [-0.05, 0) is 60.2 Å². The van der Waals surface area contributed by atoms with Crippen LogP contribution in [0.2, 0.25) is 5.02 Å². The fraction of sp³-hybridized carbons (Fsp3) is 0.273. The molecule has 174 valence electrons. The third kappa shape index (κ3) is 6.04. The highest BCUT2D eigenvalue weighted by molar-refractivity contribution is 8.18. The lowest BCUT2D eigenvalue weighted by Crippen LogP contribution is -2.31. The molecule has 3 rings (SSSR count). The smallest absolute Gasteiger partial charge is 0.293 e. The van der Waals surface area contributed by atoms with E-state index in [0.29, 0.717) is 29.2 Å². The predicted molar refractivity (Wildman–Crippen MR) is 125 cm³/mol. The molecule has 1 aliphatic rings. The zero-order valence-corrected chi connectivity index (χ0v) is 19.5. The van der Waals surface area contributed by atoms with Crippen molar-refractivity contribution in [2.24, 2.45) is 0 Å². The number of imide groups is 1. The molecule has 1 aliphatic heterocycles. The number of nitrogens with zero attached hydrogens (tertiary/aromatic N) is 2. The van der Waals surface area contributed by atoms with Crippen LogP contribution in [-0.4, -0.2) is 47.8 Å². The minimum atomic E-state index is -0.473. The maximum absolute atomic E-state index is 12.5. The van der Waals surface area contributed by atoms with Crippen LogP contribution in [0.15, 0.2) is 41.3 Å². The van der Waals surface area contributed by atoms with E-state index in [9.17, 15) is 19.7 Å². The molecule has 0 aliphatic carbocycles. The van der Waals surface area contributed by atoms with Crippen LogP contribution in [0, 0.1) is 10.1 Å². The Kier molecular flexibility index (Phi) is 8.32. The summed E-state index contributed by atoms with van der Waals surface area (Å²) in [4.78, 5) is 36.4. The molecule has 0 aromatic heterocycles. The van der Waals surface area contributed by atoms with Gasteiger partial charge in [-0.2, -0.15) is 0 Å². The zero-order valence-electron chi connectivity index (χ0n) is 17.9. The largest absolute Gasteiger partial charge is 0.490 e. The maximum atomic E-state index is 12.5. The van der Waals surface area contributed by atoms with Crippen molar-refractivity contribution in [3.8, 4) is 11.5 Å². The number of halogens is 1. The van der Waals surface area contributed by atoms with Gasteiger partial charge in [0, 0.05) is 19.2 Å². The summed E-state index contributed by atoms with van der Waals surface area (Å²) in [7, 11) is 1.50. The van der Waals surface area contributed by atoms with Gasteiger partial charge in [0.1, 0.15) is 6.61 Å². The van der Waals surface area contributed by atoms with Crippen molar-refractivity contribution >= 4 is 46.3 Å². The van der Waals surface area contributed by atoms with Crippen LogP contribution < -0.4 is 9.47 Å². The normalized spacial score (nSPS) is 14.8. The summed E-state index contributed by atoms with van der Waals surface area (Å²) >= 11 is 7.29. The molecule has 0 spiro atoms. The van der Waals surface area contributed by atoms with Gasteiger partial charge >= 0.3 is 0 Å². The molecule has 9 nitrogen and oxygen atoms in total. The van der Waals surface area contributed by atoms with Crippen molar-refractivity contribution in [3.63, 3.8) is 0 Å². The SMILES string of the molecule is CCOc1cc(/C=C2/SC(=O)N(CCOC)C2=O)cc(Cl)c1OCc1ccc([N+](=O)[O-])cc1. The van der Waals surface area contributed by atoms with Gasteiger partial charge in [-0.25, -0.2) is 0 Å². The van der Waals surface area contributed by atoms with E-state index in [2.05, 4.69) is 0 Å². The Morgan fingerprint density at radius 1 is 1.18 bits per heavy atom. The van der Waals surface area contributed by atoms with Crippen LogP contribution in [0.5, 0.6) is 11.5 Å². The number of rotatable bonds is 10. The van der Waals surface area contributed by atoms with Crippen LogP contribution >= 0.6 is 23.4 Å². The van der Waals surface area contributed by atoms with E-state index in [-0.39, 0.29) is 40.6 Å². The van der Waals surface area contributed by atoms with Gasteiger partial charge < -0.3 is 14.2 Å². The van der Waals surface area contributed by atoms with Crippen molar-refractivity contribution < 1.29 is 28.7 Å². The third-order valence-corrected chi connectivity index (χ3v) is 5.74. The van der Waals surface area contributed by atoms with Crippen LogP contribution in [-0.2, 0) is 16.1 Å². The number of nitro groups is 1. The van der Waals surface area contributed by atoms with Crippen molar-refractivity contribution in [1.82, 2.24) is 4.90 Å². The molecular formula is C22H21ClN2O7S. The quantitative estimate of drug-likeness (QED) is 0.261. The monoisotopic (exact) mass is 492 g/mol. The molecule has 0 radical (unpaired) electrons. The molecule has 2 amide bonds. The van der Waals surface area contributed by atoms with Gasteiger partial charge in [-0.1, -0.05) is 11.6 Å². The molecule has 11 heteroatoms. The van der Waals surface area contributed by atoms with Gasteiger partial charge in [0.2, 0.25) is 0 Å². The zero-order chi connectivity index (χ0) is 24.0. The average Bonchev–Trinajstić information content (AvgIpc) is 3.04. The molecule has 0 atom stereocenters. The van der Waals surface area contributed by atoms with Gasteiger partial charge in [0.15, 0.2) is 11.5 Å². The molecule has 0 saturated carbocycles. The first-order valence-corrected chi connectivity index (χ1v) is 11.1. The van der Waals surface area contributed by atoms with Crippen LogP contribution in [0.1, 0.15) is 18.1 Å². The summed E-state index contributed by atoms with van der Waals surface area (Å²) < 4.78 is 16.5. The van der Waals surface area contributed by atoms with E-state index >= 15 is 0 Å². The summed E-state index contributed by atoms with van der Waals surface area (Å²) in [5.74, 6) is 0.286. The molecule has 0 N–H and O–H groups in total. The van der Waals surface area contributed by atoms with Gasteiger partial charge in [-0.3, -0.25) is 24.6 Å². The molecule has 2 aromatic rings. The van der Waals surface area contributed by atoms with E-state index in [4.69, 9.17) is 25.8 Å². The number of hydrogen-bond donors (Lipinski definition) is 0. The minimum Gasteiger partial charge on any atom is -0.490 e. The standard InChI is InChI=1S/C22H21ClN2O7S/c1-3-31-18-11-15(12-19-21(26)24(8-9-30-2)22(27)33-19)10-17(23)20(18)32-13-14-4-6-16(7-5-14)25(28)29/h4-7,10-12H,3,8-9,13H2,1-2H3/b19-12+. The van der Waals surface area contributed by atoms with Crippen molar-refractivity contribution in [3.05, 3.63) is 67.6 Å². The highest BCUT2D eigenvalue weighted by Crippen LogP contribution is 2.39. The minimum absolute atomic E-state index is 0.0113. The average molecular weight is 493 g/mol. The summed E-state index contributed by atoms with van der Waals surface area (Å²) in [5.41, 5.74) is 1.28. The maximum Gasteiger partial charge on any atom is 0.293 e. The van der Waals surface area contributed by atoms with Crippen LogP contribution in [0.3, 0.4) is 0 Å². The lowest BCUT2D eigenvalue weighted by atomic mass is 10.1. The first-order chi connectivity index (χ1) is 15.8. The van der Waals surface area contributed by atoms with Crippen LogP contribution in [0.4, 0.5) is 10.5 Å². The number of benzene rings is 2. The Bertz CT molecular complexity index is 1090. The number of amides is 2. The van der Waals surface area contributed by atoms with Crippen molar-refractivity contribution in [2.45, 2.75) is 13.5 Å². The number of thioether (sulfide) groups is 1. The molecular weight excluding hydrogens is 472 g/mol.